The number of aromatic nitrogens is 1. The molecule has 1 aromatic heterocycles. The Labute approximate surface area is 221 Å². The summed E-state index contributed by atoms with van der Waals surface area (Å²) < 4.78 is 26.9. The quantitative estimate of drug-likeness (QED) is 0.229. The molecule has 0 spiro atoms. The fourth-order valence-corrected chi connectivity index (χ4v) is 4.00. The third-order valence-corrected chi connectivity index (χ3v) is 5.85. The van der Waals surface area contributed by atoms with Gasteiger partial charge in [0.1, 0.15) is 17.3 Å². The molecule has 0 radical (unpaired) electrons. The van der Waals surface area contributed by atoms with Gasteiger partial charge in [0.2, 0.25) is 0 Å². The lowest BCUT2D eigenvalue weighted by molar-refractivity contribution is 0.0947. The molecule has 4 aromatic rings. The summed E-state index contributed by atoms with van der Waals surface area (Å²) in [5.41, 5.74) is 16.2. The topological polar surface area (TPSA) is 96.9 Å². The van der Waals surface area contributed by atoms with Crippen LogP contribution in [0, 0.1) is 11.6 Å². The normalized spacial score (nSPS) is 12.4. The minimum atomic E-state index is -0.353. The second kappa shape index (κ2) is 12.8. The van der Waals surface area contributed by atoms with Crippen LogP contribution in [0.4, 0.5) is 8.78 Å². The standard InChI is InChI=1S/C27H28F2N4O.2ClH/c1-16(30)2-12-22(31)15-32-27(34)26-25(18-5-10-21(29)11-6-18)23-13-7-19(14-24(23)33-26)17-3-8-20(28)9-4-17;;/h3-11,13-14,16,22,33H,2,12,15,30-31H2,1H3,(H,32,34);2*1H/t16-,22-;;/m0../s1. The maximum atomic E-state index is 13.6. The SMILES string of the molecule is C[C@H](N)CC[C@H](N)CNC(=O)c1[nH]c2cc(-c3ccc(F)cc3)ccc2c1-c1ccc(F)cc1.Cl.Cl. The molecular weight excluding hydrogens is 505 g/mol. The Bertz CT molecular complexity index is 1290. The molecule has 0 unspecified atom stereocenters. The number of hydrogen-bond donors (Lipinski definition) is 4. The minimum absolute atomic E-state index is 0. The van der Waals surface area contributed by atoms with Crippen LogP contribution in [0.25, 0.3) is 33.2 Å². The molecule has 6 N–H and O–H groups in total. The molecule has 0 saturated carbocycles. The summed E-state index contributed by atoms with van der Waals surface area (Å²) in [6.45, 7) is 2.23. The summed E-state index contributed by atoms with van der Waals surface area (Å²) in [5.74, 6) is -0.954. The maximum absolute atomic E-state index is 13.6. The van der Waals surface area contributed by atoms with Gasteiger partial charge in [0.25, 0.3) is 5.91 Å². The van der Waals surface area contributed by atoms with Crippen molar-refractivity contribution in [2.24, 2.45) is 11.5 Å². The molecule has 1 heterocycles. The van der Waals surface area contributed by atoms with Gasteiger partial charge in [0.15, 0.2) is 0 Å². The molecular formula is C27H30Cl2F2N4O. The molecule has 0 aliphatic heterocycles. The van der Waals surface area contributed by atoms with Gasteiger partial charge >= 0.3 is 0 Å². The van der Waals surface area contributed by atoms with Crippen molar-refractivity contribution in [1.82, 2.24) is 10.3 Å². The Morgan fingerprint density at radius 3 is 2.00 bits per heavy atom. The Balaban J connectivity index is 0.00000228. The largest absolute Gasteiger partial charge is 0.350 e. The number of nitrogens with one attached hydrogen (secondary N) is 2. The number of hydrogen-bond acceptors (Lipinski definition) is 3. The van der Waals surface area contributed by atoms with Crippen molar-refractivity contribution in [3.8, 4) is 22.3 Å². The van der Waals surface area contributed by atoms with Crippen LogP contribution >= 0.6 is 24.8 Å². The smallest absolute Gasteiger partial charge is 0.268 e. The van der Waals surface area contributed by atoms with Gasteiger partial charge in [-0.3, -0.25) is 4.79 Å². The highest BCUT2D eigenvalue weighted by Crippen LogP contribution is 2.35. The number of aromatic amines is 1. The van der Waals surface area contributed by atoms with Crippen LogP contribution in [0.2, 0.25) is 0 Å². The first-order valence-electron chi connectivity index (χ1n) is 11.3. The Kier molecular flexibility index (Phi) is 10.4. The molecule has 0 saturated heterocycles. The Morgan fingerprint density at radius 1 is 0.861 bits per heavy atom. The number of rotatable bonds is 8. The van der Waals surface area contributed by atoms with Gasteiger partial charge in [-0.25, -0.2) is 8.78 Å². The van der Waals surface area contributed by atoms with Crippen molar-refractivity contribution in [3.63, 3.8) is 0 Å². The lowest BCUT2D eigenvalue weighted by Crippen LogP contribution is -2.38. The predicted molar refractivity (Wildman–Crippen MR) is 147 cm³/mol. The average molecular weight is 535 g/mol. The number of nitrogens with two attached hydrogens (primary N) is 2. The number of H-pyrrole nitrogens is 1. The van der Waals surface area contributed by atoms with Crippen LogP contribution in [-0.4, -0.2) is 29.5 Å². The summed E-state index contributed by atoms with van der Waals surface area (Å²) in [7, 11) is 0. The third-order valence-electron chi connectivity index (χ3n) is 5.85. The summed E-state index contributed by atoms with van der Waals surface area (Å²) in [5, 5.41) is 3.73. The molecule has 3 aromatic carbocycles. The zero-order valence-corrected chi connectivity index (χ0v) is 21.4. The molecule has 192 valence electrons. The zero-order chi connectivity index (χ0) is 24.2. The third kappa shape index (κ3) is 6.83. The van der Waals surface area contributed by atoms with Crippen molar-refractivity contribution in [2.75, 3.05) is 6.54 Å². The summed E-state index contributed by atoms with van der Waals surface area (Å²) in [6, 6.07) is 17.9. The van der Waals surface area contributed by atoms with E-state index in [0.29, 0.717) is 29.8 Å². The van der Waals surface area contributed by atoms with Crippen LogP contribution in [0.5, 0.6) is 0 Å². The molecule has 36 heavy (non-hydrogen) atoms. The van der Waals surface area contributed by atoms with Crippen molar-refractivity contribution in [2.45, 2.75) is 31.8 Å². The molecule has 0 aliphatic rings. The monoisotopic (exact) mass is 534 g/mol. The van der Waals surface area contributed by atoms with Gasteiger partial charge in [0, 0.05) is 35.1 Å². The summed E-state index contributed by atoms with van der Waals surface area (Å²) in [6.07, 6.45) is 1.48. The van der Waals surface area contributed by atoms with Gasteiger partial charge in [0.05, 0.1) is 0 Å². The average Bonchev–Trinajstić information content (AvgIpc) is 3.21. The van der Waals surface area contributed by atoms with E-state index in [2.05, 4.69) is 10.3 Å². The fraction of sp³-hybridized carbons (Fsp3) is 0.222. The van der Waals surface area contributed by atoms with Gasteiger partial charge < -0.3 is 21.8 Å². The zero-order valence-electron chi connectivity index (χ0n) is 19.8. The highest BCUT2D eigenvalue weighted by molar-refractivity contribution is 6.10. The highest BCUT2D eigenvalue weighted by Gasteiger charge is 2.20. The lowest BCUT2D eigenvalue weighted by Gasteiger charge is -2.14. The van der Waals surface area contributed by atoms with Gasteiger partial charge in [-0.05, 0) is 66.8 Å². The first kappa shape index (κ1) is 29.3. The van der Waals surface area contributed by atoms with E-state index in [1.807, 2.05) is 25.1 Å². The van der Waals surface area contributed by atoms with Gasteiger partial charge in [-0.1, -0.05) is 36.4 Å². The second-order valence-electron chi connectivity index (χ2n) is 8.67. The molecule has 9 heteroatoms. The number of halogens is 4. The molecule has 4 rings (SSSR count). The van der Waals surface area contributed by atoms with Crippen molar-refractivity contribution < 1.29 is 13.6 Å². The molecule has 5 nitrogen and oxygen atoms in total. The van der Waals surface area contributed by atoms with Crippen LogP contribution in [-0.2, 0) is 0 Å². The van der Waals surface area contributed by atoms with Gasteiger partial charge in [-0.2, -0.15) is 0 Å². The number of carbonyl (C=O) groups excluding carboxylic acids is 1. The Hall–Kier alpha value is -2.97. The number of benzene rings is 3. The molecule has 2 atom stereocenters. The van der Waals surface area contributed by atoms with E-state index in [1.54, 1.807) is 24.3 Å². The van der Waals surface area contributed by atoms with Crippen molar-refractivity contribution in [3.05, 3.63) is 84.1 Å². The Morgan fingerprint density at radius 2 is 1.42 bits per heavy atom. The number of amides is 1. The first-order chi connectivity index (χ1) is 16.3. The van der Waals surface area contributed by atoms with E-state index in [-0.39, 0.29) is 54.4 Å². The minimum Gasteiger partial charge on any atom is -0.350 e. The van der Waals surface area contributed by atoms with Gasteiger partial charge in [-0.15, -0.1) is 24.8 Å². The van der Waals surface area contributed by atoms with E-state index < -0.39 is 0 Å². The molecule has 0 fully saturated rings. The lowest BCUT2D eigenvalue weighted by atomic mass is 9.99. The van der Waals surface area contributed by atoms with Crippen LogP contribution < -0.4 is 16.8 Å². The highest BCUT2D eigenvalue weighted by atomic mass is 35.5. The molecule has 0 bridgehead atoms. The van der Waals surface area contributed by atoms with E-state index in [0.717, 1.165) is 28.5 Å². The molecule has 0 aliphatic carbocycles. The summed E-state index contributed by atoms with van der Waals surface area (Å²) in [4.78, 5) is 16.4. The molecule has 1 amide bonds. The first-order valence-corrected chi connectivity index (χ1v) is 11.3. The van der Waals surface area contributed by atoms with E-state index >= 15 is 0 Å². The van der Waals surface area contributed by atoms with E-state index in [4.69, 9.17) is 11.5 Å². The van der Waals surface area contributed by atoms with Crippen LogP contribution in [0.1, 0.15) is 30.3 Å². The number of carbonyl (C=O) groups is 1. The van der Waals surface area contributed by atoms with Crippen LogP contribution in [0.3, 0.4) is 0 Å². The van der Waals surface area contributed by atoms with Crippen molar-refractivity contribution in [1.29, 1.82) is 0 Å². The number of fused-ring (bicyclic) bond motifs is 1. The maximum Gasteiger partial charge on any atom is 0.268 e. The van der Waals surface area contributed by atoms with Crippen LogP contribution in [0.15, 0.2) is 66.7 Å². The van der Waals surface area contributed by atoms with E-state index in [1.165, 1.54) is 24.3 Å². The predicted octanol–water partition coefficient (Wildman–Crippen LogP) is 5.81. The van der Waals surface area contributed by atoms with E-state index in [9.17, 15) is 13.6 Å². The van der Waals surface area contributed by atoms with Crippen molar-refractivity contribution >= 4 is 41.6 Å². The second-order valence-corrected chi connectivity index (χ2v) is 8.67. The fourth-order valence-electron chi connectivity index (χ4n) is 4.00. The summed E-state index contributed by atoms with van der Waals surface area (Å²) >= 11 is 0.